The van der Waals surface area contributed by atoms with Crippen molar-refractivity contribution in [2.24, 2.45) is 0 Å². The van der Waals surface area contributed by atoms with E-state index in [-0.39, 0.29) is 18.1 Å². The number of aliphatic hydroxyl groups is 1. The maximum Gasteiger partial charge on any atom is 0.360 e. The van der Waals surface area contributed by atoms with Crippen LogP contribution in [0.15, 0.2) is 30.3 Å². The Labute approximate surface area is 116 Å². The molecule has 0 aliphatic heterocycles. The zero-order valence-electron chi connectivity index (χ0n) is 11.1. The predicted molar refractivity (Wildman–Crippen MR) is 73.3 cm³/mol. The third kappa shape index (κ3) is 2.77. The molecule has 0 bridgehead atoms. The number of likely N-dealkylation sites (N-methyl/N-ethyl adjacent to an activating group) is 1. The number of aromatic carboxylic acids is 1. The van der Waals surface area contributed by atoms with Crippen molar-refractivity contribution in [2.45, 2.75) is 6.92 Å². The van der Waals surface area contributed by atoms with E-state index in [1.807, 2.05) is 25.1 Å². The SMILES string of the molecule is CCN(CCO)c1nn(-c2ccccc2)nc1C(=O)O. The van der Waals surface area contributed by atoms with Crippen LogP contribution in [0.4, 0.5) is 5.82 Å². The number of nitrogens with zero attached hydrogens (tertiary/aromatic N) is 4. The smallest absolute Gasteiger partial charge is 0.360 e. The normalized spacial score (nSPS) is 10.5. The summed E-state index contributed by atoms with van der Waals surface area (Å²) in [6.07, 6.45) is 0. The molecule has 7 heteroatoms. The second-order valence-electron chi connectivity index (χ2n) is 4.11. The molecule has 0 unspecified atom stereocenters. The van der Waals surface area contributed by atoms with E-state index in [0.717, 1.165) is 0 Å². The highest BCUT2D eigenvalue weighted by atomic mass is 16.4. The zero-order chi connectivity index (χ0) is 14.5. The molecule has 2 aromatic rings. The molecule has 0 aliphatic carbocycles. The summed E-state index contributed by atoms with van der Waals surface area (Å²) >= 11 is 0. The van der Waals surface area contributed by atoms with Gasteiger partial charge in [-0.05, 0) is 19.1 Å². The van der Waals surface area contributed by atoms with Crippen molar-refractivity contribution >= 4 is 11.8 Å². The van der Waals surface area contributed by atoms with Gasteiger partial charge in [0, 0.05) is 13.1 Å². The minimum absolute atomic E-state index is 0.0783. The molecule has 0 spiro atoms. The molecule has 0 amide bonds. The highest BCUT2D eigenvalue weighted by Gasteiger charge is 2.22. The molecule has 1 aromatic carbocycles. The average molecular weight is 276 g/mol. The third-order valence-electron chi connectivity index (χ3n) is 2.84. The van der Waals surface area contributed by atoms with Crippen molar-refractivity contribution in [3.05, 3.63) is 36.0 Å². The summed E-state index contributed by atoms with van der Waals surface area (Å²) in [4.78, 5) is 14.3. The molecular formula is C13H16N4O3. The summed E-state index contributed by atoms with van der Waals surface area (Å²) < 4.78 is 0. The van der Waals surface area contributed by atoms with Crippen molar-refractivity contribution in [2.75, 3.05) is 24.6 Å². The first-order valence-corrected chi connectivity index (χ1v) is 6.29. The number of rotatable bonds is 6. The first-order chi connectivity index (χ1) is 9.67. The van der Waals surface area contributed by atoms with Crippen molar-refractivity contribution in [1.29, 1.82) is 0 Å². The van der Waals surface area contributed by atoms with Crippen LogP contribution in [0, 0.1) is 0 Å². The number of hydrogen-bond donors (Lipinski definition) is 2. The lowest BCUT2D eigenvalue weighted by Crippen LogP contribution is -2.28. The molecule has 2 N–H and O–H groups in total. The van der Waals surface area contributed by atoms with E-state index in [4.69, 9.17) is 5.11 Å². The molecule has 1 aromatic heterocycles. The minimum atomic E-state index is -1.14. The molecule has 2 rings (SSSR count). The lowest BCUT2D eigenvalue weighted by Gasteiger charge is -2.18. The maximum atomic E-state index is 11.3. The monoisotopic (exact) mass is 276 g/mol. The van der Waals surface area contributed by atoms with Gasteiger partial charge in [0.05, 0.1) is 12.3 Å². The summed E-state index contributed by atoms with van der Waals surface area (Å²) in [6, 6.07) is 9.08. The Kier molecular flexibility index (Phi) is 4.31. The van der Waals surface area contributed by atoms with Crippen LogP contribution in [0.1, 0.15) is 17.4 Å². The van der Waals surface area contributed by atoms with Crippen LogP contribution in [0.25, 0.3) is 5.69 Å². The summed E-state index contributed by atoms with van der Waals surface area (Å²) in [5, 5.41) is 26.5. The number of aliphatic hydroxyl groups excluding tert-OH is 1. The van der Waals surface area contributed by atoms with Crippen LogP contribution in [0.3, 0.4) is 0 Å². The fourth-order valence-corrected chi connectivity index (χ4v) is 1.86. The topological polar surface area (TPSA) is 91.5 Å². The van der Waals surface area contributed by atoms with Gasteiger partial charge in [0.2, 0.25) is 5.69 Å². The van der Waals surface area contributed by atoms with Gasteiger partial charge in [-0.1, -0.05) is 18.2 Å². The van der Waals surface area contributed by atoms with Gasteiger partial charge in [-0.2, -0.15) is 0 Å². The number of para-hydroxylation sites is 1. The number of carbonyl (C=O) groups is 1. The predicted octanol–water partition coefficient (Wildman–Crippen LogP) is 0.784. The van der Waals surface area contributed by atoms with Gasteiger partial charge in [0.25, 0.3) is 0 Å². The maximum absolute atomic E-state index is 11.3. The van der Waals surface area contributed by atoms with E-state index < -0.39 is 5.97 Å². The second-order valence-corrected chi connectivity index (χ2v) is 4.11. The van der Waals surface area contributed by atoms with Crippen LogP contribution < -0.4 is 4.90 Å². The Morgan fingerprint density at radius 2 is 2.00 bits per heavy atom. The Morgan fingerprint density at radius 3 is 2.55 bits per heavy atom. The van der Waals surface area contributed by atoms with Crippen LogP contribution in [0.5, 0.6) is 0 Å². The van der Waals surface area contributed by atoms with Gasteiger partial charge in [-0.15, -0.1) is 15.0 Å². The quantitative estimate of drug-likeness (QED) is 0.810. The van der Waals surface area contributed by atoms with Crippen LogP contribution in [-0.2, 0) is 0 Å². The molecule has 7 nitrogen and oxygen atoms in total. The Hall–Kier alpha value is -2.41. The largest absolute Gasteiger partial charge is 0.476 e. The van der Waals surface area contributed by atoms with Crippen molar-refractivity contribution in [3.63, 3.8) is 0 Å². The lowest BCUT2D eigenvalue weighted by molar-refractivity contribution is 0.0690. The Balaban J connectivity index is 2.45. The van der Waals surface area contributed by atoms with E-state index in [1.54, 1.807) is 17.0 Å². The van der Waals surface area contributed by atoms with E-state index in [2.05, 4.69) is 10.2 Å². The molecule has 20 heavy (non-hydrogen) atoms. The number of carboxylic acids is 1. The van der Waals surface area contributed by atoms with Gasteiger partial charge in [0.1, 0.15) is 0 Å². The molecule has 0 atom stereocenters. The Bertz CT molecular complexity index is 583. The van der Waals surface area contributed by atoms with Crippen LogP contribution >= 0.6 is 0 Å². The summed E-state index contributed by atoms with van der Waals surface area (Å²) in [7, 11) is 0. The summed E-state index contributed by atoms with van der Waals surface area (Å²) in [5.41, 5.74) is 0.561. The van der Waals surface area contributed by atoms with E-state index in [0.29, 0.717) is 18.8 Å². The molecule has 0 saturated carbocycles. The van der Waals surface area contributed by atoms with Gasteiger partial charge in [-0.25, -0.2) is 4.79 Å². The number of benzene rings is 1. The van der Waals surface area contributed by atoms with E-state index in [1.165, 1.54) is 4.80 Å². The number of carboxylic acid groups (broad SMARTS) is 1. The van der Waals surface area contributed by atoms with E-state index >= 15 is 0 Å². The first kappa shape index (κ1) is 14.0. The molecule has 1 heterocycles. The fraction of sp³-hybridized carbons (Fsp3) is 0.308. The van der Waals surface area contributed by atoms with E-state index in [9.17, 15) is 9.90 Å². The number of anilines is 1. The molecule has 106 valence electrons. The molecular weight excluding hydrogens is 260 g/mol. The molecule has 0 fully saturated rings. The van der Waals surface area contributed by atoms with Gasteiger partial charge in [-0.3, -0.25) is 0 Å². The summed E-state index contributed by atoms with van der Waals surface area (Å²) in [6.45, 7) is 2.63. The average Bonchev–Trinajstić information content (AvgIpc) is 2.91. The fourth-order valence-electron chi connectivity index (χ4n) is 1.86. The second kappa shape index (κ2) is 6.16. The highest BCUT2D eigenvalue weighted by Crippen LogP contribution is 2.17. The zero-order valence-corrected chi connectivity index (χ0v) is 11.1. The van der Waals surface area contributed by atoms with Crippen LogP contribution in [0.2, 0.25) is 0 Å². The molecule has 0 saturated heterocycles. The first-order valence-electron chi connectivity index (χ1n) is 6.29. The van der Waals surface area contributed by atoms with Crippen LogP contribution in [-0.4, -0.2) is 50.9 Å². The van der Waals surface area contributed by atoms with Crippen molar-refractivity contribution in [3.8, 4) is 5.69 Å². The third-order valence-corrected chi connectivity index (χ3v) is 2.84. The highest BCUT2D eigenvalue weighted by molar-refractivity contribution is 5.91. The van der Waals surface area contributed by atoms with Crippen molar-refractivity contribution < 1.29 is 15.0 Å². The molecule has 0 aliphatic rings. The lowest BCUT2D eigenvalue weighted by atomic mass is 10.3. The van der Waals surface area contributed by atoms with Gasteiger partial charge >= 0.3 is 5.97 Å². The van der Waals surface area contributed by atoms with Gasteiger partial charge < -0.3 is 15.1 Å². The van der Waals surface area contributed by atoms with Crippen molar-refractivity contribution in [1.82, 2.24) is 15.0 Å². The van der Waals surface area contributed by atoms with Gasteiger partial charge in [0.15, 0.2) is 5.82 Å². The molecule has 0 radical (unpaired) electrons. The minimum Gasteiger partial charge on any atom is -0.476 e. The number of aromatic nitrogens is 3. The Morgan fingerprint density at radius 1 is 1.30 bits per heavy atom. The number of hydrogen-bond acceptors (Lipinski definition) is 5. The standard InChI is InChI=1S/C13H16N4O3/c1-2-16(8-9-18)12-11(13(19)20)14-17(15-12)10-6-4-3-5-7-10/h3-7,18H,2,8-9H2,1H3,(H,19,20). The summed E-state index contributed by atoms with van der Waals surface area (Å²) in [5.74, 6) is -0.878.